The molecule has 3 saturated carbocycles. The van der Waals surface area contributed by atoms with Gasteiger partial charge >= 0.3 is 0 Å². The predicted octanol–water partition coefficient (Wildman–Crippen LogP) is 3.02. The Kier molecular flexibility index (Phi) is 5.56. The van der Waals surface area contributed by atoms with Crippen LogP contribution in [0.4, 0.5) is 4.39 Å². The van der Waals surface area contributed by atoms with Crippen molar-refractivity contribution in [3.8, 4) is 17.2 Å². The van der Waals surface area contributed by atoms with Gasteiger partial charge in [-0.2, -0.15) is 0 Å². The molecular formula is C24H24ClFN2O5. The second-order valence-corrected chi connectivity index (χ2v) is 9.37. The van der Waals surface area contributed by atoms with Crippen LogP contribution >= 0.6 is 11.6 Å². The first-order chi connectivity index (χ1) is 15.8. The van der Waals surface area contributed by atoms with E-state index in [4.69, 9.17) is 25.8 Å². The summed E-state index contributed by atoms with van der Waals surface area (Å²) in [5, 5.41) is 6.14. The molecule has 9 heteroatoms. The Labute approximate surface area is 195 Å². The van der Waals surface area contributed by atoms with E-state index in [0.29, 0.717) is 24.5 Å². The van der Waals surface area contributed by atoms with Crippen molar-refractivity contribution in [2.45, 2.75) is 43.4 Å². The van der Waals surface area contributed by atoms with Crippen LogP contribution < -0.4 is 24.8 Å². The van der Waals surface area contributed by atoms with Gasteiger partial charge in [-0.1, -0.05) is 11.6 Å². The van der Waals surface area contributed by atoms with Crippen LogP contribution in [-0.4, -0.2) is 43.2 Å². The standard InChI is InChI=1S/C24H24ClFN2O5/c1-31-15-3-5-20-13(6-15)7-21(33-20)23(30)28-24-9-14(10-24)19(11-24)27-22(29)12-32-16-2-4-17(25)18(26)8-16/h2-6,8,14,19,21H,7,9-12H2,1H3,(H,27,29)(H,28,30)/t14?,19-,21?,24?/m0/s1. The fourth-order valence-electron chi connectivity index (χ4n) is 5.11. The lowest BCUT2D eigenvalue weighted by Gasteiger charge is -2.39. The van der Waals surface area contributed by atoms with Crippen molar-refractivity contribution < 1.29 is 28.2 Å². The van der Waals surface area contributed by atoms with E-state index in [2.05, 4.69) is 10.6 Å². The van der Waals surface area contributed by atoms with Gasteiger partial charge in [0.1, 0.15) is 23.1 Å². The summed E-state index contributed by atoms with van der Waals surface area (Å²) >= 11 is 5.65. The largest absolute Gasteiger partial charge is 0.497 e. The highest BCUT2D eigenvalue weighted by molar-refractivity contribution is 6.30. The SMILES string of the molecule is COc1ccc2c(c1)CC(C(=O)NC13CC(C1)[C@@H](NC(=O)COc1ccc(Cl)c(F)c1)C3)O2. The van der Waals surface area contributed by atoms with E-state index in [-0.39, 0.29) is 40.8 Å². The summed E-state index contributed by atoms with van der Waals surface area (Å²) in [6, 6.07) is 9.52. The molecule has 1 unspecified atom stereocenters. The van der Waals surface area contributed by atoms with Crippen LogP contribution in [-0.2, 0) is 16.0 Å². The van der Waals surface area contributed by atoms with Gasteiger partial charge in [0.15, 0.2) is 12.7 Å². The summed E-state index contributed by atoms with van der Waals surface area (Å²) in [4.78, 5) is 25.2. The van der Waals surface area contributed by atoms with Crippen molar-refractivity contribution in [2.24, 2.45) is 5.92 Å². The molecule has 2 aromatic carbocycles. The third-order valence-electron chi connectivity index (χ3n) is 6.72. The van der Waals surface area contributed by atoms with Gasteiger partial charge in [0.2, 0.25) is 0 Å². The Bertz CT molecular complexity index is 1100. The first kappa shape index (κ1) is 21.8. The number of methoxy groups -OCH3 is 1. The zero-order valence-electron chi connectivity index (χ0n) is 18.0. The molecule has 4 aliphatic rings. The van der Waals surface area contributed by atoms with Crippen LogP contribution in [0, 0.1) is 11.7 Å². The molecule has 0 saturated heterocycles. The van der Waals surface area contributed by atoms with Crippen molar-refractivity contribution in [2.75, 3.05) is 13.7 Å². The van der Waals surface area contributed by atoms with Crippen molar-refractivity contribution >= 4 is 23.4 Å². The molecule has 2 amide bonds. The van der Waals surface area contributed by atoms with Gasteiger partial charge in [-0.3, -0.25) is 9.59 Å². The van der Waals surface area contributed by atoms with E-state index < -0.39 is 11.9 Å². The van der Waals surface area contributed by atoms with Crippen LogP contribution in [0.15, 0.2) is 36.4 Å². The predicted molar refractivity (Wildman–Crippen MR) is 118 cm³/mol. The second kappa shape index (κ2) is 8.41. The molecule has 174 valence electrons. The van der Waals surface area contributed by atoms with Gasteiger partial charge < -0.3 is 24.8 Å². The summed E-state index contributed by atoms with van der Waals surface area (Å²) < 4.78 is 29.9. The molecule has 2 N–H and O–H groups in total. The van der Waals surface area contributed by atoms with Gasteiger partial charge in [-0.05, 0) is 55.5 Å². The fourth-order valence-corrected chi connectivity index (χ4v) is 5.23. The Balaban J connectivity index is 1.10. The van der Waals surface area contributed by atoms with Gasteiger partial charge in [-0.25, -0.2) is 4.39 Å². The van der Waals surface area contributed by atoms with Crippen LogP contribution in [0.1, 0.15) is 24.8 Å². The molecular weight excluding hydrogens is 451 g/mol. The molecule has 3 aliphatic carbocycles. The number of rotatable bonds is 7. The first-order valence-corrected chi connectivity index (χ1v) is 11.2. The number of nitrogens with one attached hydrogen (secondary N) is 2. The molecule has 7 nitrogen and oxygen atoms in total. The molecule has 33 heavy (non-hydrogen) atoms. The number of halogens is 2. The highest BCUT2D eigenvalue weighted by atomic mass is 35.5. The molecule has 1 heterocycles. The summed E-state index contributed by atoms with van der Waals surface area (Å²) in [5.41, 5.74) is 0.644. The maximum atomic E-state index is 13.5. The van der Waals surface area contributed by atoms with Crippen molar-refractivity contribution in [3.63, 3.8) is 0 Å². The zero-order chi connectivity index (χ0) is 23.2. The van der Waals surface area contributed by atoms with Gasteiger partial charge in [0.25, 0.3) is 11.8 Å². The number of ether oxygens (including phenoxy) is 3. The van der Waals surface area contributed by atoms with Crippen LogP contribution in [0.25, 0.3) is 0 Å². The molecule has 2 aromatic rings. The summed E-state index contributed by atoms with van der Waals surface area (Å²) in [6.07, 6.45) is 2.24. The average molecular weight is 475 g/mol. The molecule has 2 bridgehead atoms. The quantitative estimate of drug-likeness (QED) is 0.644. The summed E-state index contributed by atoms with van der Waals surface area (Å²) in [6.45, 7) is -0.221. The minimum atomic E-state index is -0.600. The Morgan fingerprint density at radius 1 is 1.18 bits per heavy atom. The topological polar surface area (TPSA) is 85.9 Å². The maximum Gasteiger partial charge on any atom is 0.261 e. The van der Waals surface area contributed by atoms with Gasteiger partial charge in [-0.15, -0.1) is 0 Å². The number of fused-ring (bicyclic) bond motifs is 2. The molecule has 3 fully saturated rings. The fraction of sp³-hybridized carbons (Fsp3) is 0.417. The van der Waals surface area contributed by atoms with E-state index >= 15 is 0 Å². The lowest BCUT2D eigenvalue weighted by Crippen LogP contribution is -2.55. The number of hydrogen-bond donors (Lipinski definition) is 2. The van der Waals surface area contributed by atoms with E-state index in [1.165, 1.54) is 12.1 Å². The normalized spacial score (nSPS) is 26.6. The average Bonchev–Trinajstić information content (AvgIpc) is 3.44. The minimum Gasteiger partial charge on any atom is -0.497 e. The molecule has 1 aliphatic heterocycles. The minimum absolute atomic E-state index is 0.00325. The van der Waals surface area contributed by atoms with Crippen LogP contribution in [0.5, 0.6) is 17.2 Å². The first-order valence-electron chi connectivity index (χ1n) is 10.9. The Hall–Kier alpha value is -3.00. The molecule has 6 rings (SSSR count). The maximum absolute atomic E-state index is 13.5. The lowest BCUT2D eigenvalue weighted by atomic mass is 9.76. The smallest absolute Gasteiger partial charge is 0.261 e. The van der Waals surface area contributed by atoms with E-state index in [9.17, 15) is 14.0 Å². The number of amides is 2. The lowest BCUT2D eigenvalue weighted by molar-refractivity contribution is -0.130. The van der Waals surface area contributed by atoms with E-state index in [0.717, 1.165) is 30.2 Å². The third kappa shape index (κ3) is 4.31. The molecule has 0 spiro atoms. The zero-order valence-corrected chi connectivity index (χ0v) is 18.8. The van der Waals surface area contributed by atoms with Gasteiger partial charge in [0, 0.05) is 29.6 Å². The Morgan fingerprint density at radius 3 is 2.73 bits per heavy atom. The monoisotopic (exact) mass is 474 g/mol. The van der Waals surface area contributed by atoms with Gasteiger partial charge in [0.05, 0.1) is 12.1 Å². The summed E-state index contributed by atoms with van der Waals surface area (Å²) in [7, 11) is 1.60. The molecule has 0 aromatic heterocycles. The van der Waals surface area contributed by atoms with E-state index in [1.54, 1.807) is 7.11 Å². The number of carbonyl (C=O) groups excluding carboxylic acids is 2. The molecule has 2 atom stereocenters. The summed E-state index contributed by atoms with van der Waals surface area (Å²) in [5.74, 6) is 0.972. The second-order valence-electron chi connectivity index (χ2n) is 8.96. The highest BCUT2D eigenvalue weighted by Crippen LogP contribution is 2.52. The highest BCUT2D eigenvalue weighted by Gasteiger charge is 2.57. The van der Waals surface area contributed by atoms with Crippen LogP contribution in [0.3, 0.4) is 0 Å². The number of carbonyl (C=O) groups is 2. The molecule has 0 radical (unpaired) electrons. The van der Waals surface area contributed by atoms with Crippen LogP contribution in [0.2, 0.25) is 5.02 Å². The van der Waals surface area contributed by atoms with E-state index in [1.807, 2.05) is 18.2 Å². The Morgan fingerprint density at radius 2 is 1.97 bits per heavy atom. The third-order valence-corrected chi connectivity index (χ3v) is 7.02. The number of hydrogen-bond acceptors (Lipinski definition) is 5. The van der Waals surface area contributed by atoms with Crippen molar-refractivity contribution in [1.82, 2.24) is 10.6 Å². The van der Waals surface area contributed by atoms with Crippen molar-refractivity contribution in [3.05, 3.63) is 52.8 Å². The van der Waals surface area contributed by atoms with Crippen molar-refractivity contribution in [1.29, 1.82) is 0 Å². The number of benzene rings is 2.